The van der Waals surface area contributed by atoms with Crippen molar-refractivity contribution in [2.75, 3.05) is 42.1 Å². The average molecular weight is 622 g/mol. The number of piperazine rings is 1. The number of nitrogens with one attached hydrogen (secondary N) is 1. The molecule has 3 N–H and O–H groups in total. The van der Waals surface area contributed by atoms with Gasteiger partial charge in [0.05, 0.1) is 23.0 Å². The van der Waals surface area contributed by atoms with E-state index in [0.29, 0.717) is 34.1 Å². The summed E-state index contributed by atoms with van der Waals surface area (Å²) in [6, 6.07) is 27.6. The number of aromatic nitrogens is 6. The molecule has 7 rings (SSSR count). The molecule has 12 nitrogen and oxygen atoms in total. The molecule has 1 saturated heterocycles. The Bertz CT molecular complexity index is 2130. The highest BCUT2D eigenvalue weighted by atomic mass is 16.1. The van der Waals surface area contributed by atoms with Gasteiger partial charge in [0, 0.05) is 68.8 Å². The predicted molar refractivity (Wildman–Crippen MR) is 180 cm³/mol. The molecule has 6 aromatic rings. The average Bonchev–Trinajstić information content (AvgIpc) is 3.47. The first-order valence-electron chi connectivity index (χ1n) is 15.2. The zero-order valence-corrected chi connectivity index (χ0v) is 25.7. The molecule has 5 heterocycles. The van der Waals surface area contributed by atoms with Gasteiger partial charge in [0.25, 0.3) is 0 Å². The molecule has 0 spiro atoms. The monoisotopic (exact) mass is 621 g/mol. The molecule has 1 aliphatic rings. The molecular weight excluding hydrogens is 590 g/mol. The predicted octanol–water partition coefficient (Wildman–Crippen LogP) is 4.67. The van der Waals surface area contributed by atoms with Crippen molar-refractivity contribution in [3.63, 3.8) is 0 Å². The smallest absolute Gasteiger partial charge is 0.221 e. The van der Waals surface area contributed by atoms with E-state index in [9.17, 15) is 10.1 Å². The molecule has 12 heteroatoms. The normalized spacial score (nSPS) is 13.4. The van der Waals surface area contributed by atoms with Gasteiger partial charge in [0.2, 0.25) is 5.91 Å². The number of hydrogen-bond donors (Lipinski definition) is 2. The van der Waals surface area contributed by atoms with E-state index in [1.54, 1.807) is 12.3 Å². The lowest BCUT2D eigenvalue weighted by molar-refractivity contribution is -0.114. The molecule has 47 heavy (non-hydrogen) atoms. The van der Waals surface area contributed by atoms with Crippen LogP contribution in [0.1, 0.15) is 18.1 Å². The van der Waals surface area contributed by atoms with Crippen LogP contribution in [-0.2, 0) is 11.3 Å². The van der Waals surface area contributed by atoms with Crippen molar-refractivity contribution in [3.8, 4) is 34.4 Å². The SMILES string of the molecule is CC(=O)Nc1cccc(-c2ccc3nc(-c4cccnc4N)n(-c4ccc(CN5CCN(c6cc(C#N)cnn6)CC5)cc4)c3n2)c1. The number of hydrogen-bond acceptors (Lipinski definition) is 10. The van der Waals surface area contributed by atoms with Crippen molar-refractivity contribution < 1.29 is 4.79 Å². The molecule has 1 fully saturated rings. The van der Waals surface area contributed by atoms with E-state index in [4.69, 9.17) is 15.7 Å². The number of nitrogens with zero attached hydrogens (tertiary/aromatic N) is 9. The molecule has 0 aliphatic carbocycles. The third-order valence-electron chi connectivity index (χ3n) is 8.13. The summed E-state index contributed by atoms with van der Waals surface area (Å²) in [4.78, 5) is 30.6. The Kier molecular flexibility index (Phi) is 7.95. The van der Waals surface area contributed by atoms with Crippen LogP contribution in [0.3, 0.4) is 0 Å². The van der Waals surface area contributed by atoms with Crippen LogP contribution in [0.4, 0.5) is 17.3 Å². The van der Waals surface area contributed by atoms with Crippen molar-refractivity contribution in [1.29, 1.82) is 5.26 Å². The van der Waals surface area contributed by atoms with Gasteiger partial charge in [0.1, 0.15) is 17.4 Å². The molecule has 0 bridgehead atoms. The molecule has 232 valence electrons. The largest absolute Gasteiger partial charge is 0.383 e. The molecule has 1 amide bonds. The Hall–Kier alpha value is -6.19. The second-order valence-corrected chi connectivity index (χ2v) is 11.4. The maximum absolute atomic E-state index is 11.7. The lowest BCUT2D eigenvalue weighted by atomic mass is 10.1. The number of imidazole rings is 1. The number of rotatable bonds is 7. The van der Waals surface area contributed by atoms with Crippen LogP contribution in [0.5, 0.6) is 0 Å². The zero-order chi connectivity index (χ0) is 32.3. The first-order chi connectivity index (χ1) is 22.9. The van der Waals surface area contributed by atoms with Crippen LogP contribution < -0.4 is 16.0 Å². The number of anilines is 3. The first kappa shape index (κ1) is 29.5. The van der Waals surface area contributed by atoms with Crippen molar-refractivity contribution in [2.24, 2.45) is 0 Å². The highest BCUT2D eigenvalue weighted by molar-refractivity contribution is 5.90. The van der Waals surface area contributed by atoms with Crippen LogP contribution in [0.2, 0.25) is 0 Å². The van der Waals surface area contributed by atoms with Crippen LogP contribution in [0.15, 0.2) is 91.3 Å². The first-order valence-corrected chi connectivity index (χ1v) is 15.2. The van der Waals surface area contributed by atoms with E-state index in [1.165, 1.54) is 18.7 Å². The number of fused-ring (bicyclic) bond motifs is 1. The number of nitrogens with two attached hydrogens (primary N) is 1. The molecule has 2 aromatic carbocycles. The summed E-state index contributed by atoms with van der Waals surface area (Å²) in [7, 11) is 0. The Morgan fingerprint density at radius 2 is 1.81 bits per heavy atom. The van der Waals surface area contributed by atoms with Crippen molar-refractivity contribution in [1.82, 2.24) is 34.6 Å². The van der Waals surface area contributed by atoms with E-state index in [-0.39, 0.29) is 5.91 Å². The zero-order valence-electron chi connectivity index (χ0n) is 25.7. The minimum Gasteiger partial charge on any atom is -0.383 e. The maximum Gasteiger partial charge on any atom is 0.221 e. The lowest BCUT2D eigenvalue weighted by Crippen LogP contribution is -2.46. The molecule has 1 aliphatic heterocycles. The van der Waals surface area contributed by atoms with Gasteiger partial charge in [-0.25, -0.2) is 15.0 Å². The summed E-state index contributed by atoms with van der Waals surface area (Å²) in [5, 5.41) is 20.2. The molecule has 0 atom stereocenters. The summed E-state index contributed by atoms with van der Waals surface area (Å²) in [5.41, 5.74) is 13.4. The third-order valence-corrected chi connectivity index (χ3v) is 8.13. The fourth-order valence-corrected chi connectivity index (χ4v) is 5.82. The molecule has 0 saturated carbocycles. The van der Waals surface area contributed by atoms with E-state index < -0.39 is 0 Å². The highest BCUT2D eigenvalue weighted by Gasteiger charge is 2.21. The summed E-state index contributed by atoms with van der Waals surface area (Å²) in [5.74, 6) is 1.64. The Balaban J connectivity index is 1.18. The Labute approximate surface area is 271 Å². The van der Waals surface area contributed by atoms with Crippen LogP contribution in [0.25, 0.3) is 39.5 Å². The number of carbonyl (C=O) groups is 1. The number of nitrogen functional groups attached to an aromatic ring is 1. The third kappa shape index (κ3) is 6.20. The van der Waals surface area contributed by atoms with Crippen molar-refractivity contribution >= 4 is 34.4 Å². The second-order valence-electron chi connectivity index (χ2n) is 11.4. The maximum atomic E-state index is 11.7. The molecule has 4 aromatic heterocycles. The second kappa shape index (κ2) is 12.7. The fraction of sp³-hybridized carbons (Fsp3) is 0.171. The topological polar surface area (TPSA) is 155 Å². The number of benzene rings is 2. The Morgan fingerprint density at radius 3 is 2.57 bits per heavy atom. The highest BCUT2D eigenvalue weighted by Crippen LogP contribution is 2.32. The van der Waals surface area contributed by atoms with Gasteiger partial charge in [-0.05, 0) is 54.1 Å². The number of pyridine rings is 2. The van der Waals surface area contributed by atoms with E-state index >= 15 is 0 Å². The van der Waals surface area contributed by atoms with Crippen molar-refractivity contribution in [3.05, 3.63) is 102 Å². The number of carbonyl (C=O) groups excluding carboxylic acids is 1. The molecule has 0 radical (unpaired) electrons. The Morgan fingerprint density at radius 1 is 0.979 bits per heavy atom. The minimum atomic E-state index is -0.134. The van der Waals surface area contributed by atoms with E-state index in [1.807, 2.05) is 53.1 Å². The number of nitriles is 1. The van der Waals surface area contributed by atoms with Crippen LogP contribution >= 0.6 is 0 Å². The summed E-state index contributed by atoms with van der Waals surface area (Å²) in [6.45, 7) is 5.64. The van der Waals surface area contributed by atoms with Gasteiger partial charge in [0.15, 0.2) is 17.3 Å². The van der Waals surface area contributed by atoms with E-state index in [2.05, 4.69) is 60.6 Å². The fourth-order valence-electron chi connectivity index (χ4n) is 5.82. The quantitative estimate of drug-likeness (QED) is 0.257. The standard InChI is InChI=1S/C35H31N11O/c1-23(47)40-27-5-2-4-26(19-27)30-11-12-31-35(41-30)46(34(42-31)29-6-3-13-38-33(29)37)28-9-7-24(8-10-28)22-44-14-16-45(17-15-44)32-18-25(20-36)21-39-43-32/h2-13,18-19,21H,14-17,22H2,1H3,(H2,37,38)(H,40,47). The van der Waals surface area contributed by atoms with Gasteiger partial charge in [-0.2, -0.15) is 10.4 Å². The lowest BCUT2D eigenvalue weighted by Gasteiger charge is -2.35. The number of amides is 1. The van der Waals surface area contributed by atoms with Gasteiger partial charge in [-0.1, -0.05) is 24.3 Å². The summed E-state index contributed by atoms with van der Waals surface area (Å²) < 4.78 is 2.02. The van der Waals surface area contributed by atoms with Crippen LogP contribution in [0, 0.1) is 11.3 Å². The van der Waals surface area contributed by atoms with Gasteiger partial charge in [-0.3, -0.25) is 14.3 Å². The minimum absolute atomic E-state index is 0.134. The van der Waals surface area contributed by atoms with E-state index in [0.717, 1.165) is 61.0 Å². The van der Waals surface area contributed by atoms with Gasteiger partial charge < -0.3 is 16.0 Å². The summed E-state index contributed by atoms with van der Waals surface area (Å²) >= 11 is 0. The van der Waals surface area contributed by atoms with Gasteiger partial charge in [-0.15, -0.1) is 5.10 Å². The van der Waals surface area contributed by atoms with Crippen LogP contribution in [-0.4, -0.2) is 66.7 Å². The molecule has 0 unspecified atom stereocenters. The molecular formula is C35H31N11O. The summed E-state index contributed by atoms with van der Waals surface area (Å²) in [6.07, 6.45) is 3.14. The van der Waals surface area contributed by atoms with Crippen molar-refractivity contribution in [2.45, 2.75) is 13.5 Å². The van der Waals surface area contributed by atoms with Gasteiger partial charge >= 0.3 is 0 Å².